The van der Waals surface area contributed by atoms with E-state index in [1.807, 2.05) is 0 Å². The van der Waals surface area contributed by atoms with Crippen LogP contribution < -0.4 is 10.2 Å². The first-order valence-corrected chi connectivity index (χ1v) is 8.35. The smallest absolute Gasteiger partial charge is 0.224 e. The second-order valence-electron chi connectivity index (χ2n) is 6.25. The number of hydrogen-bond donors (Lipinski definition) is 1. The minimum Gasteiger partial charge on any atom is -0.354 e. The third-order valence-electron chi connectivity index (χ3n) is 4.54. The van der Waals surface area contributed by atoms with E-state index in [1.165, 1.54) is 32.4 Å². The molecule has 0 bridgehead atoms. The fourth-order valence-corrected chi connectivity index (χ4v) is 3.39. The van der Waals surface area contributed by atoms with Crippen LogP contribution in [0.2, 0.25) is 0 Å². The van der Waals surface area contributed by atoms with Crippen LogP contribution in [-0.2, 0) is 0 Å². The molecule has 21 heavy (non-hydrogen) atoms. The highest BCUT2D eigenvalue weighted by atomic mass is 15.3. The van der Waals surface area contributed by atoms with Crippen LogP contribution in [-0.4, -0.2) is 53.6 Å². The molecule has 1 unspecified atom stereocenters. The molecular formula is C16H27N5. The predicted octanol–water partition coefficient (Wildman–Crippen LogP) is 2.28. The van der Waals surface area contributed by atoms with E-state index >= 15 is 0 Å². The molecule has 0 spiro atoms. The maximum absolute atomic E-state index is 4.72. The summed E-state index contributed by atoms with van der Waals surface area (Å²) in [5.74, 6) is 1.87. The molecule has 2 aliphatic heterocycles. The lowest BCUT2D eigenvalue weighted by Crippen LogP contribution is -2.55. The lowest BCUT2D eigenvalue weighted by Gasteiger charge is -2.44. The fourth-order valence-electron chi connectivity index (χ4n) is 3.39. The third kappa shape index (κ3) is 3.46. The van der Waals surface area contributed by atoms with Crippen LogP contribution in [0.3, 0.4) is 0 Å². The predicted molar refractivity (Wildman–Crippen MR) is 87.0 cm³/mol. The van der Waals surface area contributed by atoms with Crippen molar-refractivity contribution < 1.29 is 0 Å². The maximum atomic E-state index is 4.72. The zero-order chi connectivity index (χ0) is 14.7. The highest BCUT2D eigenvalue weighted by Gasteiger charge is 2.29. The molecule has 116 valence electrons. The summed E-state index contributed by atoms with van der Waals surface area (Å²) >= 11 is 0. The first-order valence-electron chi connectivity index (χ1n) is 8.35. The molecule has 1 aromatic rings. The van der Waals surface area contributed by atoms with E-state index in [9.17, 15) is 0 Å². The Balaban J connectivity index is 1.72. The van der Waals surface area contributed by atoms with Gasteiger partial charge < -0.3 is 10.2 Å². The summed E-state index contributed by atoms with van der Waals surface area (Å²) in [6, 6.07) is 2.84. The standard InChI is InChI=1S/C16H27N5/c1-3-7-17-16-18-13(2)11-15(19-16)21-10-9-20-8-5-4-6-14(20)12-21/h11,14H,3-10,12H2,1-2H3,(H,17,18,19). The van der Waals surface area contributed by atoms with E-state index in [0.29, 0.717) is 0 Å². The van der Waals surface area contributed by atoms with Crippen LogP contribution in [0.25, 0.3) is 0 Å². The van der Waals surface area contributed by atoms with Crippen LogP contribution in [0, 0.1) is 6.92 Å². The summed E-state index contributed by atoms with van der Waals surface area (Å²) in [6.45, 7) is 9.80. The van der Waals surface area contributed by atoms with Crippen LogP contribution in [0.1, 0.15) is 38.3 Å². The molecule has 0 aromatic carbocycles. The first kappa shape index (κ1) is 14.6. The first-order chi connectivity index (χ1) is 10.3. The second-order valence-corrected chi connectivity index (χ2v) is 6.25. The third-order valence-corrected chi connectivity index (χ3v) is 4.54. The molecule has 1 N–H and O–H groups in total. The van der Waals surface area contributed by atoms with Gasteiger partial charge in [0, 0.05) is 44.0 Å². The minimum absolute atomic E-state index is 0.717. The second kappa shape index (κ2) is 6.60. The van der Waals surface area contributed by atoms with E-state index in [0.717, 1.165) is 49.6 Å². The van der Waals surface area contributed by atoms with Crippen LogP contribution in [0.5, 0.6) is 0 Å². The summed E-state index contributed by atoms with van der Waals surface area (Å²) in [5, 5.41) is 3.31. The number of hydrogen-bond acceptors (Lipinski definition) is 5. The van der Waals surface area contributed by atoms with Gasteiger partial charge in [-0.2, -0.15) is 4.98 Å². The van der Waals surface area contributed by atoms with Gasteiger partial charge >= 0.3 is 0 Å². The van der Waals surface area contributed by atoms with Crippen molar-refractivity contribution in [3.63, 3.8) is 0 Å². The van der Waals surface area contributed by atoms with Crippen LogP contribution >= 0.6 is 0 Å². The van der Waals surface area contributed by atoms with Crippen molar-refractivity contribution in [2.24, 2.45) is 0 Å². The van der Waals surface area contributed by atoms with Gasteiger partial charge in [0.1, 0.15) is 5.82 Å². The molecule has 3 rings (SSSR count). The number of piperidine rings is 1. The molecule has 5 nitrogen and oxygen atoms in total. The zero-order valence-corrected chi connectivity index (χ0v) is 13.3. The van der Waals surface area contributed by atoms with Gasteiger partial charge in [-0.3, -0.25) is 4.90 Å². The lowest BCUT2D eigenvalue weighted by molar-refractivity contribution is 0.133. The molecule has 0 saturated carbocycles. The molecule has 3 heterocycles. The average molecular weight is 289 g/mol. The number of anilines is 2. The SMILES string of the molecule is CCCNc1nc(C)cc(N2CCN3CCCCC3C2)n1. The van der Waals surface area contributed by atoms with Crippen molar-refractivity contribution in [3.8, 4) is 0 Å². The monoisotopic (exact) mass is 289 g/mol. The van der Waals surface area contributed by atoms with Gasteiger partial charge in [0.15, 0.2) is 0 Å². The van der Waals surface area contributed by atoms with Gasteiger partial charge in [0.25, 0.3) is 0 Å². The Morgan fingerprint density at radius 1 is 1.24 bits per heavy atom. The number of piperazine rings is 1. The Morgan fingerprint density at radius 3 is 3.00 bits per heavy atom. The normalized spacial score (nSPS) is 23.0. The van der Waals surface area contributed by atoms with Crippen molar-refractivity contribution in [2.45, 2.75) is 45.6 Å². The van der Waals surface area contributed by atoms with E-state index in [1.54, 1.807) is 0 Å². The Labute approximate surface area is 127 Å². The van der Waals surface area contributed by atoms with Crippen LogP contribution in [0.15, 0.2) is 6.07 Å². The number of nitrogens with zero attached hydrogens (tertiary/aromatic N) is 4. The van der Waals surface area contributed by atoms with E-state index in [2.05, 4.69) is 40.0 Å². The summed E-state index contributed by atoms with van der Waals surface area (Å²) in [6.07, 6.45) is 5.17. The summed E-state index contributed by atoms with van der Waals surface area (Å²) in [7, 11) is 0. The Bertz CT molecular complexity index is 476. The van der Waals surface area contributed by atoms with Crippen LogP contribution in [0.4, 0.5) is 11.8 Å². The molecule has 2 fully saturated rings. The van der Waals surface area contributed by atoms with E-state index in [-0.39, 0.29) is 0 Å². The summed E-state index contributed by atoms with van der Waals surface area (Å²) in [5.41, 5.74) is 1.05. The highest BCUT2D eigenvalue weighted by Crippen LogP contribution is 2.24. The van der Waals surface area contributed by atoms with Crippen molar-refractivity contribution in [2.75, 3.05) is 42.9 Å². The highest BCUT2D eigenvalue weighted by molar-refractivity contribution is 5.45. The molecule has 0 amide bonds. The van der Waals surface area contributed by atoms with E-state index in [4.69, 9.17) is 4.98 Å². The summed E-state index contributed by atoms with van der Waals surface area (Å²) < 4.78 is 0. The molecular weight excluding hydrogens is 262 g/mol. The van der Waals surface area contributed by atoms with Gasteiger partial charge in [0.2, 0.25) is 5.95 Å². The number of nitrogens with one attached hydrogen (secondary N) is 1. The summed E-state index contributed by atoms with van der Waals surface area (Å²) in [4.78, 5) is 14.3. The van der Waals surface area contributed by atoms with Crippen molar-refractivity contribution >= 4 is 11.8 Å². The maximum Gasteiger partial charge on any atom is 0.224 e. The van der Waals surface area contributed by atoms with Gasteiger partial charge in [-0.25, -0.2) is 4.98 Å². The Kier molecular flexibility index (Phi) is 4.58. The van der Waals surface area contributed by atoms with Gasteiger partial charge in [-0.15, -0.1) is 0 Å². The molecule has 0 aliphatic carbocycles. The number of aromatic nitrogens is 2. The van der Waals surface area contributed by atoms with Gasteiger partial charge in [-0.05, 0) is 32.7 Å². The fraction of sp³-hybridized carbons (Fsp3) is 0.750. The molecule has 1 aromatic heterocycles. The number of rotatable bonds is 4. The van der Waals surface area contributed by atoms with Gasteiger partial charge in [0.05, 0.1) is 0 Å². The molecule has 0 radical (unpaired) electrons. The molecule has 2 aliphatic rings. The number of aryl methyl sites for hydroxylation is 1. The zero-order valence-electron chi connectivity index (χ0n) is 13.3. The van der Waals surface area contributed by atoms with Crippen molar-refractivity contribution in [1.29, 1.82) is 0 Å². The molecule has 5 heteroatoms. The quantitative estimate of drug-likeness (QED) is 0.921. The van der Waals surface area contributed by atoms with Gasteiger partial charge in [-0.1, -0.05) is 13.3 Å². The Hall–Kier alpha value is -1.36. The van der Waals surface area contributed by atoms with Crippen molar-refractivity contribution in [1.82, 2.24) is 14.9 Å². The minimum atomic E-state index is 0.717. The molecule has 2 saturated heterocycles. The topological polar surface area (TPSA) is 44.3 Å². The van der Waals surface area contributed by atoms with E-state index < -0.39 is 0 Å². The lowest BCUT2D eigenvalue weighted by atomic mass is 9.99. The van der Waals surface area contributed by atoms with Crippen molar-refractivity contribution in [3.05, 3.63) is 11.8 Å². The largest absolute Gasteiger partial charge is 0.354 e. The molecule has 1 atom stereocenters. The number of fused-ring (bicyclic) bond motifs is 1. The average Bonchev–Trinajstić information content (AvgIpc) is 2.52. The Morgan fingerprint density at radius 2 is 2.14 bits per heavy atom.